The minimum Gasteiger partial charge on any atom is -0.343 e. The van der Waals surface area contributed by atoms with E-state index >= 15 is 0 Å². The molecule has 0 radical (unpaired) electrons. The normalized spacial score (nSPS) is 15.1. The third-order valence-corrected chi connectivity index (χ3v) is 6.29. The molecule has 1 fully saturated rings. The van der Waals surface area contributed by atoms with Gasteiger partial charge in [-0.2, -0.15) is 16.3 Å². The Balaban J connectivity index is 1.18. The third-order valence-electron chi connectivity index (χ3n) is 5.61. The van der Waals surface area contributed by atoms with Crippen LogP contribution in [0.2, 0.25) is 0 Å². The Labute approximate surface area is 176 Å². The Kier molecular flexibility index (Phi) is 4.96. The number of H-pyrrole nitrogens is 1. The van der Waals surface area contributed by atoms with Crippen LogP contribution in [-0.2, 0) is 11.2 Å². The quantitative estimate of drug-likeness (QED) is 0.532. The number of benzene rings is 1. The fraction of sp³-hybridized carbons (Fsp3) is 0.333. The van der Waals surface area contributed by atoms with E-state index in [1.54, 1.807) is 11.3 Å². The number of aryl methyl sites for hydroxylation is 1. The summed E-state index contributed by atoms with van der Waals surface area (Å²) in [5, 5.41) is 7.90. The van der Waals surface area contributed by atoms with Crippen LogP contribution < -0.4 is 5.69 Å². The monoisotopic (exact) mass is 423 g/mol. The Hall–Kier alpha value is -3.20. The number of amides is 1. The highest BCUT2D eigenvalue weighted by molar-refractivity contribution is 7.08. The average molecular weight is 423 g/mol. The molecule has 8 nitrogen and oxygen atoms in total. The zero-order valence-corrected chi connectivity index (χ0v) is 17.1. The highest BCUT2D eigenvalue weighted by Gasteiger charge is 2.26. The van der Waals surface area contributed by atoms with Gasteiger partial charge in [0.25, 0.3) is 0 Å². The van der Waals surface area contributed by atoms with Crippen LogP contribution >= 0.6 is 11.3 Å². The van der Waals surface area contributed by atoms with E-state index in [9.17, 15) is 9.59 Å². The molecule has 1 aromatic carbocycles. The van der Waals surface area contributed by atoms with E-state index in [0.29, 0.717) is 37.6 Å². The number of hydrogen-bond donors (Lipinski definition) is 1. The lowest BCUT2D eigenvalue weighted by molar-refractivity contribution is -0.132. The van der Waals surface area contributed by atoms with Gasteiger partial charge in [-0.15, -0.1) is 0 Å². The summed E-state index contributed by atoms with van der Waals surface area (Å²) in [5.41, 5.74) is 2.61. The number of carbonyl (C=O) groups excluding carboxylic acids is 1. The largest absolute Gasteiger partial charge is 0.343 e. The third kappa shape index (κ3) is 3.56. The van der Waals surface area contributed by atoms with Crippen LogP contribution in [0.4, 0.5) is 0 Å². The molecule has 0 saturated carbocycles. The second kappa shape index (κ2) is 7.91. The minimum atomic E-state index is -0.0844. The predicted octanol–water partition coefficient (Wildman–Crippen LogP) is 3.24. The number of piperidine rings is 1. The predicted molar refractivity (Wildman–Crippen MR) is 113 cm³/mol. The van der Waals surface area contributed by atoms with E-state index in [2.05, 4.69) is 15.1 Å². The van der Waals surface area contributed by atoms with Gasteiger partial charge in [0, 0.05) is 42.9 Å². The van der Waals surface area contributed by atoms with Gasteiger partial charge in [-0.1, -0.05) is 17.3 Å². The van der Waals surface area contributed by atoms with E-state index in [1.807, 2.05) is 50.6 Å². The SMILES string of the molecule is O=C(CCc1nc(-c2ccsc2)no1)N1CCC(n2c(=O)[nH]c3ccccc32)CC1. The summed E-state index contributed by atoms with van der Waals surface area (Å²) in [6, 6.07) is 9.75. The summed E-state index contributed by atoms with van der Waals surface area (Å²) in [5.74, 6) is 1.11. The molecule has 0 aliphatic carbocycles. The van der Waals surface area contributed by atoms with Gasteiger partial charge >= 0.3 is 5.69 Å². The molecular formula is C21H21N5O3S. The molecule has 3 aromatic heterocycles. The molecule has 0 bridgehead atoms. The Morgan fingerprint density at radius 1 is 1.23 bits per heavy atom. The summed E-state index contributed by atoms with van der Waals surface area (Å²) < 4.78 is 7.11. The van der Waals surface area contributed by atoms with Crippen molar-refractivity contribution in [1.82, 2.24) is 24.6 Å². The molecule has 1 amide bonds. The van der Waals surface area contributed by atoms with Crippen LogP contribution in [0.5, 0.6) is 0 Å². The van der Waals surface area contributed by atoms with Crippen molar-refractivity contribution in [1.29, 1.82) is 0 Å². The highest BCUT2D eigenvalue weighted by Crippen LogP contribution is 2.25. The zero-order valence-electron chi connectivity index (χ0n) is 16.3. The van der Waals surface area contributed by atoms with E-state index in [0.717, 1.165) is 29.4 Å². The van der Waals surface area contributed by atoms with E-state index in [1.165, 1.54) is 0 Å². The van der Waals surface area contributed by atoms with E-state index in [4.69, 9.17) is 4.52 Å². The van der Waals surface area contributed by atoms with Crippen LogP contribution in [0.3, 0.4) is 0 Å². The molecule has 4 aromatic rings. The van der Waals surface area contributed by atoms with Gasteiger partial charge in [0.1, 0.15) is 0 Å². The molecule has 4 heterocycles. The molecule has 1 saturated heterocycles. The van der Waals surface area contributed by atoms with Crippen molar-refractivity contribution in [3.8, 4) is 11.4 Å². The zero-order chi connectivity index (χ0) is 20.5. The van der Waals surface area contributed by atoms with E-state index < -0.39 is 0 Å². The summed E-state index contributed by atoms with van der Waals surface area (Å²) in [4.78, 5) is 34.2. The van der Waals surface area contributed by atoms with Gasteiger partial charge in [-0.05, 0) is 36.4 Å². The second-order valence-electron chi connectivity index (χ2n) is 7.45. The van der Waals surface area contributed by atoms with Crippen molar-refractivity contribution < 1.29 is 9.32 Å². The number of nitrogens with one attached hydrogen (secondary N) is 1. The van der Waals surface area contributed by atoms with Crippen LogP contribution in [0.1, 0.15) is 31.2 Å². The van der Waals surface area contributed by atoms with Crippen LogP contribution in [0, 0.1) is 0 Å². The number of nitrogens with zero attached hydrogens (tertiary/aromatic N) is 4. The van der Waals surface area contributed by atoms with Crippen molar-refractivity contribution in [3.63, 3.8) is 0 Å². The van der Waals surface area contributed by atoms with Crippen molar-refractivity contribution in [2.75, 3.05) is 13.1 Å². The van der Waals surface area contributed by atoms with Crippen molar-refractivity contribution in [2.24, 2.45) is 0 Å². The van der Waals surface area contributed by atoms with Gasteiger partial charge in [0.05, 0.1) is 11.0 Å². The van der Waals surface area contributed by atoms with Gasteiger partial charge in [0.2, 0.25) is 17.6 Å². The Bertz CT molecular complexity index is 1210. The van der Waals surface area contributed by atoms with Crippen molar-refractivity contribution in [3.05, 3.63) is 57.5 Å². The van der Waals surface area contributed by atoms with Crippen LogP contribution in [0.25, 0.3) is 22.4 Å². The van der Waals surface area contributed by atoms with E-state index in [-0.39, 0.29) is 17.6 Å². The number of carbonyl (C=O) groups is 1. The summed E-state index contributed by atoms with van der Waals surface area (Å²) in [6.07, 6.45) is 2.29. The van der Waals surface area contributed by atoms with Gasteiger partial charge in [-0.3, -0.25) is 9.36 Å². The Morgan fingerprint density at radius 3 is 2.87 bits per heavy atom. The molecule has 30 heavy (non-hydrogen) atoms. The lowest BCUT2D eigenvalue weighted by Crippen LogP contribution is -2.40. The average Bonchev–Trinajstić information content (AvgIpc) is 3.51. The fourth-order valence-electron chi connectivity index (χ4n) is 4.05. The molecule has 5 rings (SSSR count). The molecule has 0 atom stereocenters. The summed E-state index contributed by atoms with van der Waals surface area (Å²) in [7, 11) is 0. The molecule has 9 heteroatoms. The maximum absolute atomic E-state index is 12.6. The molecule has 154 valence electrons. The van der Waals surface area contributed by atoms with Gasteiger partial charge in [-0.25, -0.2) is 4.79 Å². The number of rotatable bonds is 5. The molecule has 1 aliphatic rings. The smallest absolute Gasteiger partial charge is 0.326 e. The first-order valence-corrected chi connectivity index (χ1v) is 11.0. The number of fused-ring (bicyclic) bond motifs is 1. The Morgan fingerprint density at radius 2 is 2.07 bits per heavy atom. The summed E-state index contributed by atoms with van der Waals surface area (Å²) >= 11 is 1.58. The number of hydrogen-bond acceptors (Lipinski definition) is 6. The second-order valence-corrected chi connectivity index (χ2v) is 8.23. The number of imidazole rings is 1. The number of para-hydroxylation sites is 2. The molecule has 0 unspecified atom stereocenters. The first kappa shape index (κ1) is 18.8. The fourth-order valence-corrected chi connectivity index (χ4v) is 4.68. The first-order chi connectivity index (χ1) is 14.7. The number of aromatic nitrogens is 4. The molecular weight excluding hydrogens is 402 g/mol. The molecule has 0 spiro atoms. The molecule has 1 aliphatic heterocycles. The number of aromatic amines is 1. The highest BCUT2D eigenvalue weighted by atomic mass is 32.1. The van der Waals surface area contributed by atoms with Gasteiger partial charge < -0.3 is 14.4 Å². The lowest BCUT2D eigenvalue weighted by atomic mass is 10.0. The first-order valence-electron chi connectivity index (χ1n) is 10.0. The van der Waals surface area contributed by atoms with Crippen molar-refractivity contribution in [2.45, 2.75) is 31.7 Å². The van der Waals surface area contributed by atoms with Crippen molar-refractivity contribution >= 4 is 28.3 Å². The lowest BCUT2D eigenvalue weighted by Gasteiger charge is -2.32. The summed E-state index contributed by atoms with van der Waals surface area (Å²) in [6.45, 7) is 1.28. The number of likely N-dealkylation sites (tertiary alicyclic amines) is 1. The standard InChI is InChI=1S/C21H21N5O3S/c27-19(6-5-18-23-20(24-29-18)14-9-12-30-13-14)25-10-7-15(8-11-25)26-17-4-2-1-3-16(17)22-21(26)28/h1-4,9,12-13,15H,5-8,10-11H2,(H,22,28). The molecule has 1 N–H and O–H groups in total. The minimum absolute atomic E-state index is 0.0787. The number of thiophene rings is 1. The maximum Gasteiger partial charge on any atom is 0.326 e. The van der Waals surface area contributed by atoms with Crippen LogP contribution in [-0.4, -0.2) is 43.6 Å². The maximum atomic E-state index is 12.6. The van der Waals surface area contributed by atoms with Crippen LogP contribution in [0.15, 0.2) is 50.4 Å². The topological polar surface area (TPSA) is 97.0 Å². The van der Waals surface area contributed by atoms with Gasteiger partial charge in [0.15, 0.2) is 0 Å².